The van der Waals surface area contributed by atoms with Crippen LogP contribution in [0, 0.1) is 5.92 Å². The van der Waals surface area contributed by atoms with Gasteiger partial charge in [0.15, 0.2) is 0 Å². The topological polar surface area (TPSA) is 79.3 Å². The average molecular weight is 302 g/mol. The number of rotatable bonds is 5. The van der Waals surface area contributed by atoms with Crippen LogP contribution in [-0.2, 0) is 16.0 Å². The summed E-state index contributed by atoms with van der Waals surface area (Å²) in [6.45, 7) is 0. The first-order valence-electron chi connectivity index (χ1n) is 6.70. The quantitative estimate of drug-likeness (QED) is 0.890. The molecule has 1 amide bonds. The molecule has 0 radical (unpaired) electrons. The van der Waals surface area contributed by atoms with E-state index < -0.39 is 5.97 Å². The first-order chi connectivity index (χ1) is 10.1. The number of nitrogens with one attached hydrogen (secondary N) is 1. The normalized spacial score (nSPS) is 13.9. The molecule has 3 rings (SSSR count). The van der Waals surface area contributed by atoms with Crippen molar-refractivity contribution in [3.05, 3.63) is 35.3 Å². The van der Waals surface area contributed by atoms with Crippen LogP contribution in [0.3, 0.4) is 0 Å². The van der Waals surface area contributed by atoms with Gasteiger partial charge in [0.05, 0.1) is 17.8 Å². The van der Waals surface area contributed by atoms with E-state index in [0.717, 1.165) is 29.1 Å². The van der Waals surface area contributed by atoms with Gasteiger partial charge in [-0.2, -0.15) is 0 Å². The SMILES string of the molecule is O=C(O)Cc1csc(-c2ccccc2NC(=O)C2CC2)n1. The van der Waals surface area contributed by atoms with E-state index in [1.807, 2.05) is 24.3 Å². The third-order valence-corrected chi connectivity index (χ3v) is 4.17. The van der Waals surface area contributed by atoms with E-state index in [1.54, 1.807) is 5.38 Å². The number of amides is 1. The number of anilines is 1. The molecule has 0 aliphatic heterocycles. The molecular formula is C15H14N2O3S. The number of aliphatic carboxylic acids is 1. The molecule has 2 aromatic rings. The van der Waals surface area contributed by atoms with Crippen molar-refractivity contribution in [3.63, 3.8) is 0 Å². The third kappa shape index (κ3) is 3.28. The van der Waals surface area contributed by atoms with Gasteiger partial charge in [0, 0.05) is 16.9 Å². The van der Waals surface area contributed by atoms with Crippen molar-refractivity contribution in [2.75, 3.05) is 5.32 Å². The average Bonchev–Trinajstić information content (AvgIpc) is 3.20. The molecule has 0 bridgehead atoms. The molecule has 6 heteroatoms. The summed E-state index contributed by atoms with van der Waals surface area (Å²) in [5, 5.41) is 14.2. The van der Waals surface area contributed by atoms with E-state index in [9.17, 15) is 9.59 Å². The molecule has 0 spiro atoms. The van der Waals surface area contributed by atoms with E-state index in [-0.39, 0.29) is 18.2 Å². The molecular weight excluding hydrogens is 288 g/mol. The van der Waals surface area contributed by atoms with Crippen molar-refractivity contribution in [2.45, 2.75) is 19.3 Å². The Morgan fingerprint density at radius 3 is 2.81 bits per heavy atom. The number of benzene rings is 1. The number of hydrogen-bond acceptors (Lipinski definition) is 4. The fourth-order valence-corrected chi connectivity index (χ4v) is 2.88. The maximum Gasteiger partial charge on any atom is 0.309 e. The van der Waals surface area contributed by atoms with Crippen LogP contribution in [0.4, 0.5) is 5.69 Å². The summed E-state index contributed by atoms with van der Waals surface area (Å²) >= 11 is 1.38. The van der Waals surface area contributed by atoms with Gasteiger partial charge < -0.3 is 10.4 Å². The van der Waals surface area contributed by atoms with Crippen LogP contribution in [0.2, 0.25) is 0 Å². The Kier molecular flexibility index (Phi) is 3.70. The summed E-state index contributed by atoms with van der Waals surface area (Å²) in [7, 11) is 0. The Balaban J connectivity index is 1.85. The van der Waals surface area contributed by atoms with E-state index in [2.05, 4.69) is 10.3 Å². The van der Waals surface area contributed by atoms with Crippen molar-refractivity contribution in [1.29, 1.82) is 0 Å². The lowest BCUT2D eigenvalue weighted by atomic mass is 10.2. The summed E-state index contributed by atoms with van der Waals surface area (Å²) in [6.07, 6.45) is 1.81. The predicted octanol–water partition coefficient (Wildman–Crippen LogP) is 2.79. The zero-order chi connectivity index (χ0) is 14.8. The monoisotopic (exact) mass is 302 g/mol. The van der Waals surface area contributed by atoms with Crippen molar-refractivity contribution in [1.82, 2.24) is 4.98 Å². The minimum atomic E-state index is -0.901. The van der Waals surface area contributed by atoms with Gasteiger partial charge in [-0.05, 0) is 25.0 Å². The summed E-state index contributed by atoms with van der Waals surface area (Å²) in [4.78, 5) is 27.0. The van der Waals surface area contributed by atoms with Crippen LogP contribution in [0.5, 0.6) is 0 Å². The van der Waals surface area contributed by atoms with Gasteiger partial charge in [0.1, 0.15) is 5.01 Å². The Hall–Kier alpha value is -2.21. The van der Waals surface area contributed by atoms with Crippen LogP contribution >= 0.6 is 11.3 Å². The highest BCUT2D eigenvalue weighted by Gasteiger charge is 2.30. The third-order valence-electron chi connectivity index (χ3n) is 3.25. The molecule has 0 atom stereocenters. The minimum absolute atomic E-state index is 0.0461. The second-order valence-corrected chi connectivity index (χ2v) is 5.88. The molecule has 1 aliphatic carbocycles. The molecule has 0 unspecified atom stereocenters. The molecule has 1 aliphatic rings. The highest BCUT2D eigenvalue weighted by atomic mass is 32.1. The number of carbonyl (C=O) groups excluding carboxylic acids is 1. The zero-order valence-corrected chi connectivity index (χ0v) is 12.0. The second kappa shape index (κ2) is 5.65. The Morgan fingerprint density at radius 1 is 1.33 bits per heavy atom. The van der Waals surface area contributed by atoms with Crippen molar-refractivity contribution < 1.29 is 14.7 Å². The fourth-order valence-electron chi connectivity index (χ4n) is 2.03. The van der Waals surface area contributed by atoms with Crippen LogP contribution in [0.1, 0.15) is 18.5 Å². The van der Waals surface area contributed by atoms with Crippen molar-refractivity contribution in [2.24, 2.45) is 5.92 Å². The highest BCUT2D eigenvalue weighted by molar-refractivity contribution is 7.13. The lowest BCUT2D eigenvalue weighted by molar-refractivity contribution is -0.136. The Bertz CT molecular complexity index is 692. The van der Waals surface area contributed by atoms with Crippen LogP contribution in [0.25, 0.3) is 10.6 Å². The predicted molar refractivity (Wildman–Crippen MR) is 80.2 cm³/mol. The Labute approximate surface area is 125 Å². The van der Waals surface area contributed by atoms with Gasteiger partial charge in [-0.3, -0.25) is 9.59 Å². The van der Waals surface area contributed by atoms with E-state index in [4.69, 9.17) is 5.11 Å². The van der Waals surface area contributed by atoms with Gasteiger partial charge in [0.2, 0.25) is 5.91 Å². The van der Waals surface area contributed by atoms with Crippen LogP contribution in [0.15, 0.2) is 29.6 Å². The highest BCUT2D eigenvalue weighted by Crippen LogP contribution is 2.34. The van der Waals surface area contributed by atoms with Crippen LogP contribution in [-0.4, -0.2) is 22.0 Å². The molecule has 1 heterocycles. The maximum atomic E-state index is 11.9. The maximum absolute atomic E-state index is 11.9. The first kappa shape index (κ1) is 13.8. The molecule has 1 saturated carbocycles. The molecule has 1 aromatic heterocycles. The largest absolute Gasteiger partial charge is 0.481 e. The molecule has 1 fully saturated rings. The number of carboxylic acids is 1. The van der Waals surface area contributed by atoms with Gasteiger partial charge in [-0.15, -0.1) is 11.3 Å². The summed E-state index contributed by atoms with van der Waals surface area (Å²) in [5.74, 6) is -0.719. The van der Waals surface area contributed by atoms with E-state index >= 15 is 0 Å². The van der Waals surface area contributed by atoms with Crippen molar-refractivity contribution in [3.8, 4) is 10.6 Å². The standard InChI is InChI=1S/C15H14N2O3S/c18-13(19)7-10-8-21-15(16-10)11-3-1-2-4-12(11)17-14(20)9-5-6-9/h1-4,8-9H,5-7H2,(H,17,20)(H,18,19). The fraction of sp³-hybridized carbons (Fsp3) is 0.267. The number of nitrogens with zero attached hydrogens (tertiary/aromatic N) is 1. The molecule has 2 N–H and O–H groups in total. The lowest BCUT2D eigenvalue weighted by Crippen LogP contribution is -2.13. The number of para-hydroxylation sites is 1. The first-order valence-corrected chi connectivity index (χ1v) is 7.58. The number of thiazole rings is 1. The molecule has 21 heavy (non-hydrogen) atoms. The summed E-state index contributed by atoms with van der Waals surface area (Å²) in [6, 6.07) is 7.46. The van der Waals surface area contributed by atoms with Crippen molar-refractivity contribution >= 4 is 28.9 Å². The van der Waals surface area contributed by atoms with Gasteiger partial charge in [-0.25, -0.2) is 4.98 Å². The smallest absolute Gasteiger partial charge is 0.309 e. The van der Waals surface area contributed by atoms with Gasteiger partial charge >= 0.3 is 5.97 Å². The second-order valence-electron chi connectivity index (χ2n) is 5.02. The molecule has 1 aromatic carbocycles. The number of aromatic nitrogens is 1. The van der Waals surface area contributed by atoms with Gasteiger partial charge in [0.25, 0.3) is 0 Å². The summed E-state index contributed by atoms with van der Waals surface area (Å²) < 4.78 is 0. The molecule has 0 saturated heterocycles. The Morgan fingerprint density at radius 2 is 2.10 bits per heavy atom. The molecule has 108 valence electrons. The minimum Gasteiger partial charge on any atom is -0.481 e. The summed E-state index contributed by atoms with van der Waals surface area (Å²) in [5.41, 5.74) is 2.09. The van der Waals surface area contributed by atoms with E-state index in [1.165, 1.54) is 11.3 Å². The number of hydrogen-bond donors (Lipinski definition) is 2. The zero-order valence-electron chi connectivity index (χ0n) is 11.2. The molecule has 5 nitrogen and oxygen atoms in total. The van der Waals surface area contributed by atoms with Gasteiger partial charge in [-0.1, -0.05) is 12.1 Å². The number of carboxylic acid groups (broad SMARTS) is 1. The lowest BCUT2D eigenvalue weighted by Gasteiger charge is -2.08. The van der Waals surface area contributed by atoms with E-state index in [0.29, 0.717) is 5.69 Å². The van der Waals surface area contributed by atoms with Crippen LogP contribution < -0.4 is 5.32 Å². The number of carbonyl (C=O) groups is 2.